The van der Waals surface area contributed by atoms with E-state index in [1.54, 1.807) is 18.3 Å². The molecule has 2 aromatic carbocycles. The normalized spacial score (nSPS) is 11.5. The largest absolute Gasteiger partial charge is 0.507 e. The molecule has 0 spiro atoms. The van der Waals surface area contributed by atoms with E-state index < -0.39 is 5.91 Å². The van der Waals surface area contributed by atoms with Gasteiger partial charge in [-0.3, -0.25) is 4.79 Å². The first-order valence-electron chi connectivity index (χ1n) is 8.39. The minimum Gasteiger partial charge on any atom is -0.507 e. The maximum Gasteiger partial charge on any atom is 0.271 e. The maximum absolute atomic E-state index is 12.1. The van der Waals surface area contributed by atoms with Gasteiger partial charge in [0.2, 0.25) is 0 Å². The van der Waals surface area contributed by atoms with Gasteiger partial charge in [-0.2, -0.15) is 5.10 Å². The van der Waals surface area contributed by atoms with Gasteiger partial charge < -0.3 is 10.2 Å². The van der Waals surface area contributed by atoms with Crippen LogP contribution in [0.2, 0.25) is 0 Å². The molecule has 0 bridgehead atoms. The predicted molar refractivity (Wildman–Crippen MR) is 112 cm³/mol. The van der Waals surface area contributed by atoms with Gasteiger partial charge >= 0.3 is 0 Å². The standard InChI is InChI=1S/C20H23IN2O3/c1-11(2)15-7-13(8-16(12(3)4)19(15)25)10-22-23-20(26)14-5-6-17(21)18(24)9-14/h5-12,24-25H,1-4H3,(H,23,26)/b22-10-. The lowest BCUT2D eigenvalue weighted by atomic mass is 9.92. The van der Waals surface area contributed by atoms with Crippen molar-refractivity contribution in [1.82, 2.24) is 5.43 Å². The van der Waals surface area contributed by atoms with Crippen LogP contribution in [0.25, 0.3) is 0 Å². The molecule has 138 valence electrons. The van der Waals surface area contributed by atoms with Gasteiger partial charge in [-0.25, -0.2) is 5.43 Å². The summed E-state index contributed by atoms with van der Waals surface area (Å²) in [5.41, 5.74) is 5.30. The molecular formula is C20H23IN2O3. The topological polar surface area (TPSA) is 81.9 Å². The van der Waals surface area contributed by atoms with E-state index in [-0.39, 0.29) is 17.6 Å². The van der Waals surface area contributed by atoms with Crippen LogP contribution in [-0.2, 0) is 0 Å². The number of hydrogen-bond acceptors (Lipinski definition) is 4. The molecule has 3 N–H and O–H groups in total. The van der Waals surface area contributed by atoms with Crippen molar-refractivity contribution in [1.29, 1.82) is 0 Å². The number of phenols is 2. The van der Waals surface area contributed by atoms with Crippen molar-refractivity contribution in [2.45, 2.75) is 39.5 Å². The molecule has 2 aromatic rings. The van der Waals surface area contributed by atoms with Crippen molar-refractivity contribution in [2.24, 2.45) is 5.10 Å². The Labute approximate surface area is 167 Å². The van der Waals surface area contributed by atoms with E-state index in [1.807, 2.05) is 62.4 Å². The molecule has 0 saturated heterocycles. The van der Waals surface area contributed by atoms with Crippen LogP contribution in [0.15, 0.2) is 35.4 Å². The summed E-state index contributed by atoms with van der Waals surface area (Å²) in [4.78, 5) is 12.1. The van der Waals surface area contributed by atoms with Gasteiger partial charge in [0, 0.05) is 5.56 Å². The molecule has 1 amide bonds. The average molecular weight is 466 g/mol. The van der Waals surface area contributed by atoms with Crippen LogP contribution in [0.1, 0.15) is 66.6 Å². The third kappa shape index (κ3) is 4.75. The second-order valence-electron chi connectivity index (χ2n) is 6.72. The number of rotatable bonds is 5. The summed E-state index contributed by atoms with van der Waals surface area (Å²) in [5, 5.41) is 24.1. The van der Waals surface area contributed by atoms with Gasteiger partial charge in [0.1, 0.15) is 11.5 Å². The van der Waals surface area contributed by atoms with Crippen LogP contribution in [0, 0.1) is 3.57 Å². The lowest BCUT2D eigenvalue weighted by molar-refractivity contribution is 0.0954. The highest BCUT2D eigenvalue weighted by atomic mass is 127. The number of hydrazone groups is 1. The van der Waals surface area contributed by atoms with Gasteiger partial charge in [-0.15, -0.1) is 0 Å². The van der Waals surface area contributed by atoms with Crippen LogP contribution < -0.4 is 5.43 Å². The highest BCUT2D eigenvalue weighted by Gasteiger charge is 2.14. The number of halogens is 1. The number of nitrogens with zero attached hydrogens (tertiary/aromatic N) is 1. The molecular weight excluding hydrogens is 443 g/mol. The minimum atomic E-state index is -0.403. The van der Waals surface area contributed by atoms with Crippen LogP contribution in [0.5, 0.6) is 11.5 Å². The fourth-order valence-electron chi connectivity index (χ4n) is 2.54. The molecule has 0 aromatic heterocycles. The zero-order valence-electron chi connectivity index (χ0n) is 15.2. The third-order valence-corrected chi connectivity index (χ3v) is 4.94. The Hall–Kier alpha value is -2.09. The number of hydrogen-bond donors (Lipinski definition) is 3. The quantitative estimate of drug-likeness (QED) is 0.339. The molecule has 0 unspecified atom stereocenters. The first-order chi connectivity index (χ1) is 12.2. The Morgan fingerprint density at radius 2 is 1.65 bits per heavy atom. The van der Waals surface area contributed by atoms with E-state index in [0.29, 0.717) is 14.9 Å². The molecule has 0 aliphatic rings. The number of aromatic hydroxyl groups is 2. The zero-order valence-corrected chi connectivity index (χ0v) is 17.4. The van der Waals surface area contributed by atoms with E-state index in [4.69, 9.17) is 0 Å². The molecule has 0 aliphatic heterocycles. The van der Waals surface area contributed by atoms with Gasteiger partial charge in [0.05, 0.1) is 9.78 Å². The van der Waals surface area contributed by atoms with Crippen molar-refractivity contribution < 1.29 is 15.0 Å². The summed E-state index contributed by atoms with van der Waals surface area (Å²) >= 11 is 1.99. The molecule has 2 rings (SSSR count). The van der Waals surface area contributed by atoms with Crippen molar-refractivity contribution in [3.05, 3.63) is 56.2 Å². The molecule has 0 aliphatic carbocycles. The van der Waals surface area contributed by atoms with Crippen LogP contribution >= 0.6 is 22.6 Å². The maximum atomic E-state index is 12.1. The fraction of sp³-hybridized carbons (Fsp3) is 0.300. The average Bonchev–Trinajstić information content (AvgIpc) is 2.57. The molecule has 6 heteroatoms. The summed E-state index contributed by atoms with van der Waals surface area (Å²) < 4.78 is 0.675. The van der Waals surface area contributed by atoms with Gasteiger partial charge in [-0.1, -0.05) is 27.7 Å². The molecule has 0 saturated carbocycles. The number of benzene rings is 2. The van der Waals surface area contributed by atoms with Crippen LogP contribution in [0.3, 0.4) is 0 Å². The first-order valence-corrected chi connectivity index (χ1v) is 9.47. The van der Waals surface area contributed by atoms with Crippen molar-refractivity contribution in [2.75, 3.05) is 0 Å². The Kier molecular flexibility index (Phi) is 6.63. The SMILES string of the molecule is CC(C)c1cc(/C=N\NC(=O)c2ccc(I)c(O)c2)cc(C(C)C)c1O. The smallest absolute Gasteiger partial charge is 0.271 e. The Morgan fingerprint density at radius 3 is 2.15 bits per heavy atom. The van der Waals surface area contributed by atoms with Crippen molar-refractivity contribution in [3.63, 3.8) is 0 Å². The molecule has 0 atom stereocenters. The summed E-state index contributed by atoms with van der Waals surface area (Å²) in [6, 6.07) is 8.44. The van der Waals surface area contributed by atoms with E-state index in [1.165, 1.54) is 6.07 Å². The second kappa shape index (κ2) is 8.53. The summed E-state index contributed by atoms with van der Waals surface area (Å²) in [6.45, 7) is 8.08. The van der Waals surface area contributed by atoms with Gasteiger partial charge in [0.25, 0.3) is 5.91 Å². The van der Waals surface area contributed by atoms with E-state index in [9.17, 15) is 15.0 Å². The minimum absolute atomic E-state index is 0.0592. The van der Waals surface area contributed by atoms with E-state index >= 15 is 0 Å². The number of carbonyl (C=O) groups is 1. The molecule has 26 heavy (non-hydrogen) atoms. The molecule has 0 fully saturated rings. The highest BCUT2D eigenvalue weighted by molar-refractivity contribution is 14.1. The first kappa shape index (κ1) is 20.2. The zero-order chi connectivity index (χ0) is 19.4. The van der Waals surface area contributed by atoms with Gasteiger partial charge in [0.15, 0.2) is 0 Å². The summed E-state index contributed by atoms with van der Waals surface area (Å²) in [7, 11) is 0. The Bertz CT molecular complexity index is 816. The third-order valence-electron chi connectivity index (χ3n) is 4.02. The number of phenolic OH excluding ortho intramolecular Hbond substituents is 2. The predicted octanol–water partition coefficient (Wildman–Crippen LogP) is 4.71. The molecule has 0 radical (unpaired) electrons. The Morgan fingerprint density at radius 1 is 1.08 bits per heavy atom. The summed E-state index contributed by atoms with van der Waals surface area (Å²) in [5.74, 6) is 0.324. The van der Waals surface area contributed by atoms with E-state index in [2.05, 4.69) is 10.5 Å². The monoisotopic (exact) mass is 466 g/mol. The lowest BCUT2D eigenvalue weighted by Crippen LogP contribution is -2.17. The van der Waals surface area contributed by atoms with Crippen LogP contribution in [-0.4, -0.2) is 22.3 Å². The number of carbonyl (C=O) groups excluding carboxylic acids is 1. The number of amides is 1. The van der Waals surface area contributed by atoms with Crippen molar-refractivity contribution in [3.8, 4) is 11.5 Å². The molecule has 5 nitrogen and oxygen atoms in total. The highest BCUT2D eigenvalue weighted by Crippen LogP contribution is 2.34. The Balaban J connectivity index is 2.21. The number of nitrogens with one attached hydrogen (secondary N) is 1. The van der Waals surface area contributed by atoms with Crippen molar-refractivity contribution >= 4 is 34.7 Å². The van der Waals surface area contributed by atoms with Crippen LogP contribution in [0.4, 0.5) is 0 Å². The van der Waals surface area contributed by atoms with E-state index in [0.717, 1.165) is 16.7 Å². The molecule has 0 heterocycles. The fourth-order valence-corrected chi connectivity index (χ4v) is 2.88. The lowest BCUT2D eigenvalue weighted by Gasteiger charge is -2.16. The second-order valence-corrected chi connectivity index (χ2v) is 7.88. The summed E-state index contributed by atoms with van der Waals surface area (Å²) in [6.07, 6.45) is 1.56. The van der Waals surface area contributed by atoms with Gasteiger partial charge in [-0.05, 0) is 81.4 Å².